The predicted octanol–water partition coefficient (Wildman–Crippen LogP) is 1.19. The first-order valence-corrected chi connectivity index (χ1v) is 4.15. The molecular weight excluding hydrogens is 138 g/mol. The smallest absolute Gasteiger partial charge is 0.111 e. The molecule has 0 spiro atoms. The average molecular weight is 153 g/mol. The van der Waals surface area contributed by atoms with Gasteiger partial charge < -0.3 is 5.73 Å². The molecular formula is C8H15N3. The van der Waals surface area contributed by atoms with Gasteiger partial charge in [0.15, 0.2) is 0 Å². The fraction of sp³-hybridized carbons (Fsp3) is 0.750. The number of nitrogens with two attached hydrogens (primary N) is 1. The highest BCUT2D eigenvalue weighted by Crippen LogP contribution is 2.24. The van der Waals surface area contributed by atoms with Crippen LogP contribution in [0.15, 0.2) is 9.98 Å². The Bertz CT molecular complexity index is 145. The van der Waals surface area contributed by atoms with Gasteiger partial charge in [0.1, 0.15) is 6.34 Å². The summed E-state index contributed by atoms with van der Waals surface area (Å²) >= 11 is 0. The molecule has 2 N–H and O–H groups in total. The van der Waals surface area contributed by atoms with Gasteiger partial charge in [-0.25, -0.2) is 4.99 Å². The van der Waals surface area contributed by atoms with Gasteiger partial charge >= 0.3 is 0 Å². The predicted molar refractivity (Wildman–Crippen MR) is 48.0 cm³/mol. The third-order valence-corrected chi connectivity index (χ3v) is 2.07. The van der Waals surface area contributed by atoms with Crippen LogP contribution in [0.1, 0.15) is 25.7 Å². The van der Waals surface area contributed by atoms with E-state index in [1.54, 1.807) is 6.34 Å². The van der Waals surface area contributed by atoms with E-state index in [-0.39, 0.29) is 0 Å². The van der Waals surface area contributed by atoms with Gasteiger partial charge in [-0.1, -0.05) is 12.8 Å². The van der Waals surface area contributed by atoms with Crippen molar-refractivity contribution >= 4 is 12.7 Å². The van der Waals surface area contributed by atoms with Crippen molar-refractivity contribution < 1.29 is 0 Å². The van der Waals surface area contributed by atoms with Gasteiger partial charge in [-0.2, -0.15) is 0 Å². The second-order valence-corrected chi connectivity index (χ2v) is 2.93. The molecule has 11 heavy (non-hydrogen) atoms. The van der Waals surface area contributed by atoms with E-state index < -0.39 is 0 Å². The zero-order chi connectivity index (χ0) is 7.94. The first-order chi connectivity index (χ1) is 5.43. The van der Waals surface area contributed by atoms with Crippen LogP contribution in [0.25, 0.3) is 0 Å². The Labute approximate surface area is 67.4 Å². The first kappa shape index (κ1) is 8.24. The van der Waals surface area contributed by atoms with Gasteiger partial charge in [0, 0.05) is 6.54 Å². The molecule has 1 fully saturated rings. The Balaban J connectivity index is 2.10. The molecule has 0 aromatic heterocycles. The Hall–Kier alpha value is -0.860. The van der Waals surface area contributed by atoms with Crippen molar-refractivity contribution in [2.45, 2.75) is 25.7 Å². The molecule has 0 bridgehead atoms. The minimum absolute atomic E-state index is 0.805. The van der Waals surface area contributed by atoms with E-state index >= 15 is 0 Å². The Morgan fingerprint density at radius 1 is 1.36 bits per heavy atom. The molecule has 3 heteroatoms. The topological polar surface area (TPSA) is 50.7 Å². The van der Waals surface area contributed by atoms with E-state index in [2.05, 4.69) is 9.98 Å². The minimum Gasteiger partial charge on any atom is -0.390 e. The summed E-state index contributed by atoms with van der Waals surface area (Å²) in [6.45, 7) is 0.928. The van der Waals surface area contributed by atoms with Crippen LogP contribution >= 0.6 is 0 Å². The second kappa shape index (κ2) is 4.88. The molecule has 0 aromatic rings. The summed E-state index contributed by atoms with van der Waals surface area (Å²) in [5.41, 5.74) is 5.04. The summed E-state index contributed by atoms with van der Waals surface area (Å²) in [6.07, 6.45) is 8.23. The molecule has 0 heterocycles. The fourth-order valence-corrected chi connectivity index (χ4v) is 1.47. The lowest BCUT2D eigenvalue weighted by Gasteiger charge is -2.01. The van der Waals surface area contributed by atoms with Crippen molar-refractivity contribution in [3.8, 4) is 0 Å². The Morgan fingerprint density at radius 2 is 2.09 bits per heavy atom. The maximum Gasteiger partial charge on any atom is 0.111 e. The molecule has 1 aliphatic rings. The highest BCUT2D eigenvalue weighted by atomic mass is 14.9. The lowest BCUT2D eigenvalue weighted by Crippen LogP contribution is -1.97. The maximum absolute atomic E-state index is 5.04. The fourth-order valence-electron chi connectivity index (χ4n) is 1.47. The van der Waals surface area contributed by atoms with Crippen LogP contribution in [-0.4, -0.2) is 19.2 Å². The summed E-state index contributed by atoms with van der Waals surface area (Å²) in [7, 11) is 0. The molecule has 3 nitrogen and oxygen atoms in total. The summed E-state index contributed by atoms with van der Waals surface area (Å²) in [4.78, 5) is 7.83. The van der Waals surface area contributed by atoms with Gasteiger partial charge in [0.05, 0.1) is 6.34 Å². The molecule has 0 atom stereocenters. The van der Waals surface area contributed by atoms with Crippen LogP contribution in [0.4, 0.5) is 0 Å². The molecule has 1 aliphatic carbocycles. The Kier molecular flexibility index (Phi) is 3.65. The van der Waals surface area contributed by atoms with E-state index in [1.165, 1.54) is 32.0 Å². The van der Waals surface area contributed by atoms with Gasteiger partial charge in [-0.05, 0) is 18.8 Å². The third-order valence-electron chi connectivity index (χ3n) is 2.07. The van der Waals surface area contributed by atoms with Crippen LogP contribution in [-0.2, 0) is 0 Å². The average Bonchev–Trinajstić information content (AvgIpc) is 2.50. The second-order valence-electron chi connectivity index (χ2n) is 2.93. The highest BCUT2D eigenvalue weighted by molar-refractivity contribution is 5.69. The zero-order valence-electron chi connectivity index (χ0n) is 6.74. The summed E-state index contributed by atoms with van der Waals surface area (Å²) in [5.74, 6) is 0.805. The largest absolute Gasteiger partial charge is 0.390 e. The van der Waals surface area contributed by atoms with Gasteiger partial charge in [0.2, 0.25) is 0 Å². The molecule has 62 valence electrons. The van der Waals surface area contributed by atoms with Crippen molar-refractivity contribution in [3.05, 3.63) is 0 Å². The SMILES string of the molecule is NC=NC=NCC1CCCC1. The quantitative estimate of drug-likeness (QED) is 0.480. The molecule has 1 saturated carbocycles. The molecule has 0 aliphatic heterocycles. The third kappa shape index (κ3) is 3.16. The summed E-state index contributed by atoms with van der Waals surface area (Å²) in [6, 6.07) is 0. The van der Waals surface area contributed by atoms with Gasteiger partial charge in [0.25, 0.3) is 0 Å². The maximum atomic E-state index is 5.04. The lowest BCUT2D eigenvalue weighted by atomic mass is 10.1. The normalized spacial score (nSPS) is 20.7. The van der Waals surface area contributed by atoms with Crippen molar-refractivity contribution in [3.63, 3.8) is 0 Å². The number of rotatable bonds is 3. The Morgan fingerprint density at radius 3 is 2.73 bits per heavy atom. The van der Waals surface area contributed by atoms with E-state index in [0.717, 1.165) is 12.5 Å². The minimum atomic E-state index is 0.805. The van der Waals surface area contributed by atoms with Crippen LogP contribution in [0.2, 0.25) is 0 Å². The van der Waals surface area contributed by atoms with Crippen molar-refractivity contribution in [2.75, 3.05) is 6.54 Å². The zero-order valence-corrected chi connectivity index (χ0v) is 6.74. The molecule has 0 unspecified atom stereocenters. The van der Waals surface area contributed by atoms with Crippen LogP contribution < -0.4 is 5.73 Å². The van der Waals surface area contributed by atoms with Crippen molar-refractivity contribution in [2.24, 2.45) is 21.6 Å². The molecule has 0 saturated heterocycles. The standard InChI is InChI=1S/C8H15N3/c9-6-11-7-10-5-8-3-1-2-4-8/h6-8H,1-5H2,(H2,9,10,11). The van der Waals surface area contributed by atoms with E-state index in [0.29, 0.717) is 0 Å². The highest BCUT2D eigenvalue weighted by Gasteiger charge is 2.13. The van der Waals surface area contributed by atoms with E-state index in [4.69, 9.17) is 5.73 Å². The van der Waals surface area contributed by atoms with Crippen molar-refractivity contribution in [1.29, 1.82) is 0 Å². The summed E-state index contributed by atoms with van der Waals surface area (Å²) in [5, 5.41) is 0. The van der Waals surface area contributed by atoms with Crippen molar-refractivity contribution in [1.82, 2.24) is 0 Å². The van der Waals surface area contributed by atoms with Gasteiger partial charge in [-0.15, -0.1) is 0 Å². The number of aliphatic imine (C=N–C) groups is 2. The molecule has 1 rings (SSSR count). The number of hydrogen-bond acceptors (Lipinski definition) is 1. The number of nitrogens with zero attached hydrogens (tertiary/aromatic N) is 2. The molecule has 0 amide bonds. The molecule has 0 aromatic carbocycles. The van der Waals surface area contributed by atoms with E-state index in [1.807, 2.05) is 0 Å². The monoisotopic (exact) mass is 153 g/mol. The molecule has 0 radical (unpaired) electrons. The number of hydrogen-bond donors (Lipinski definition) is 1. The first-order valence-electron chi connectivity index (χ1n) is 4.15. The summed E-state index contributed by atoms with van der Waals surface area (Å²) < 4.78 is 0. The van der Waals surface area contributed by atoms with E-state index in [9.17, 15) is 0 Å². The van der Waals surface area contributed by atoms with Gasteiger partial charge in [-0.3, -0.25) is 4.99 Å². The van der Waals surface area contributed by atoms with Crippen LogP contribution in [0, 0.1) is 5.92 Å². The lowest BCUT2D eigenvalue weighted by molar-refractivity contribution is 0.564. The van der Waals surface area contributed by atoms with Crippen LogP contribution in [0.3, 0.4) is 0 Å². The van der Waals surface area contributed by atoms with Crippen LogP contribution in [0.5, 0.6) is 0 Å².